The van der Waals surface area contributed by atoms with E-state index in [1.807, 2.05) is 13.0 Å². The van der Waals surface area contributed by atoms with Crippen molar-refractivity contribution in [1.82, 2.24) is 0 Å². The van der Waals surface area contributed by atoms with Crippen molar-refractivity contribution in [3.05, 3.63) is 29.8 Å². The molecule has 0 aliphatic heterocycles. The molecule has 0 atom stereocenters. The van der Waals surface area contributed by atoms with Crippen molar-refractivity contribution in [3.8, 4) is 5.75 Å². The van der Waals surface area contributed by atoms with Crippen molar-refractivity contribution in [3.63, 3.8) is 0 Å². The first-order valence-electron chi connectivity index (χ1n) is 5.50. The van der Waals surface area contributed by atoms with Gasteiger partial charge in [0.2, 0.25) is 0 Å². The summed E-state index contributed by atoms with van der Waals surface area (Å²) in [6.45, 7) is 3.76. The van der Waals surface area contributed by atoms with Crippen LogP contribution in [-0.4, -0.2) is 13.0 Å². The Morgan fingerprint density at radius 3 is 2.82 bits per heavy atom. The van der Waals surface area contributed by atoms with Gasteiger partial charge in [0.05, 0.1) is 18.5 Å². The minimum atomic E-state index is -0.146. The highest BCUT2D eigenvalue weighted by atomic mass is 16.5. The molecule has 4 nitrogen and oxygen atoms in total. The number of carbonyl (C=O) groups is 1. The van der Waals surface area contributed by atoms with Crippen LogP contribution >= 0.6 is 0 Å². The maximum absolute atomic E-state index is 11.8. The van der Waals surface area contributed by atoms with E-state index < -0.39 is 0 Å². The van der Waals surface area contributed by atoms with Gasteiger partial charge in [-0.15, -0.1) is 0 Å². The number of carbonyl (C=O) groups excluding carboxylic acids is 1. The number of nitrogen functional groups attached to an aromatic ring is 1. The summed E-state index contributed by atoms with van der Waals surface area (Å²) in [7, 11) is 1.57. The Bertz CT molecular complexity index is 439. The predicted octanol–water partition coefficient (Wildman–Crippen LogP) is 2.57. The third-order valence-corrected chi connectivity index (χ3v) is 2.38. The zero-order valence-corrected chi connectivity index (χ0v) is 10.4. The van der Waals surface area contributed by atoms with E-state index in [0.717, 1.165) is 6.42 Å². The average Bonchev–Trinajstić information content (AvgIpc) is 2.32. The van der Waals surface area contributed by atoms with E-state index in [9.17, 15) is 4.79 Å². The Morgan fingerprint density at radius 2 is 2.24 bits per heavy atom. The van der Waals surface area contributed by atoms with Gasteiger partial charge in [-0.05, 0) is 25.5 Å². The number of benzene rings is 1. The summed E-state index contributed by atoms with van der Waals surface area (Å²) in [5.41, 5.74) is 7.54. The minimum absolute atomic E-state index is 0.146. The molecule has 0 bridgehead atoms. The lowest BCUT2D eigenvalue weighted by Crippen LogP contribution is -2.14. The molecule has 92 valence electrons. The van der Waals surface area contributed by atoms with Gasteiger partial charge in [-0.3, -0.25) is 4.79 Å². The SMILES string of the molecule is CCC=C(C)C(=O)Nc1cc(OC)ccc1N. The van der Waals surface area contributed by atoms with Crippen LogP contribution in [0.5, 0.6) is 5.75 Å². The number of hydrogen-bond acceptors (Lipinski definition) is 3. The fourth-order valence-electron chi connectivity index (χ4n) is 1.39. The average molecular weight is 234 g/mol. The molecule has 0 radical (unpaired) electrons. The van der Waals surface area contributed by atoms with Crippen molar-refractivity contribution in [2.75, 3.05) is 18.2 Å². The number of hydrogen-bond donors (Lipinski definition) is 2. The number of ether oxygens (including phenoxy) is 1. The van der Waals surface area contributed by atoms with E-state index in [1.165, 1.54) is 0 Å². The molecule has 0 aliphatic carbocycles. The van der Waals surface area contributed by atoms with Crippen molar-refractivity contribution < 1.29 is 9.53 Å². The molecule has 0 saturated heterocycles. The van der Waals surface area contributed by atoms with Gasteiger partial charge in [-0.2, -0.15) is 0 Å². The summed E-state index contributed by atoms with van der Waals surface area (Å²) in [4.78, 5) is 11.8. The van der Waals surface area contributed by atoms with Gasteiger partial charge in [0, 0.05) is 11.6 Å². The number of anilines is 2. The number of methoxy groups -OCH3 is 1. The van der Waals surface area contributed by atoms with E-state index in [2.05, 4.69) is 5.32 Å². The van der Waals surface area contributed by atoms with Crippen LogP contribution in [0.1, 0.15) is 20.3 Å². The van der Waals surface area contributed by atoms with Crippen LogP contribution in [-0.2, 0) is 4.79 Å². The standard InChI is InChI=1S/C13H18N2O2/c1-4-5-9(2)13(16)15-12-8-10(17-3)6-7-11(12)14/h5-8H,4,14H2,1-3H3,(H,15,16). The van der Waals surface area contributed by atoms with Crippen LogP contribution in [0.2, 0.25) is 0 Å². The molecule has 0 saturated carbocycles. The lowest BCUT2D eigenvalue weighted by atomic mass is 10.2. The second-order valence-corrected chi connectivity index (χ2v) is 3.70. The van der Waals surface area contributed by atoms with Crippen molar-refractivity contribution in [2.45, 2.75) is 20.3 Å². The van der Waals surface area contributed by atoms with E-state index in [1.54, 1.807) is 32.2 Å². The van der Waals surface area contributed by atoms with Gasteiger partial charge in [-0.1, -0.05) is 13.0 Å². The Kier molecular flexibility index (Phi) is 4.57. The second kappa shape index (κ2) is 5.94. The first-order valence-corrected chi connectivity index (χ1v) is 5.50. The van der Waals surface area contributed by atoms with Gasteiger partial charge in [0.15, 0.2) is 0 Å². The number of rotatable bonds is 4. The van der Waals surface area contributed by atoms with Crippen LogP contribution in [0.3, 0.4) is 0 Å². The smallest absolute Gasteiger partial charge is 0.251 e. The lowest BCUT2D eigenvalue weighted by molar-refractivity contribution is -0.112. The summed E-state index contributed by atoms with van der Waals surface area (Å²) in [6, 6.07) is 5.15. The number of allylic oxidation sites excluding steroid dienone is 1. The molecule has 0 spiro atoms. The third-order valence-electron chi connectivity index (χ3n) is 2.38. The molecule has 0 aromatic heterocycles. The monoisotopic (exact) mass is 234 g/mol. The van der Waals surface area contributed by atoms with E-state index in [4.69, 9.17) is 10.5 Å². The highest BCUT2D eigenvalue weighted by Crippen LogP contribution is 2.24. The Morgan fingerprint density at radius 1 is 1.53 bits per heavy atom. The molecule has 0 unspecified atom stereocenters. The van der Waals surface area contributed by atoms with Gasteiger partial charge < -0.3 is 15.8 Å². The zero-order chi connectivity index (χ0) is 12.8. The summed E-state index contributed by atoms with van der Waals surface area (Å²) in [5, 5.41) is 2.76. The van der Waals surface area contributed by atoms with Crippen molar-refractivity contribution in [1.29, 1.82) is 0 Å². The van der Waals surface area contributed by atoms with Crippen LogP contribution < -0.4 is 15.8 Å². The fourth-order valence-corrected chi connectivity index (χ4v) is 1.39. The van der Waals surface area contributed by atoms with Gasteiger partial charge in [0.25, 0.3) is 5.91 Å². The van der Waals surface area contributed by atoms with E-state index in [0.29, 0.717) is 22.7 Å². The summed E-state index contributed by atoms with van der Waals surface area (Å²) in [6.07, 6.45) is 2.69. The molecule has 4 heteroatoms. The Balaban J connectivity index is 2.87. The third kappa shape index (κ3) is 3.52. The molecule has 0 aliphatic rings. The Hall–Kier alpha value is -1.97. The van der Waals surface area contributed by atoms with E-state index >= 15 is 0 Å². The van der Waals surface area contributed by atoms with Crippen molar-refractivity contribution in [2.24, 2.45) is 0 Å². The van der Waals surface area contributed by atoms with Crippen LogP contribution in [0, 0.1) is 0 Å². The van der Waals surface area contributed by atoms with Crippen LogP contribution in [0.25, 0.3) is 0 Å². The largest absolute Gasteiger partial charge is 0.497 e. The number of nitrogens with one attached hydrogen (secondary N) is 1. The molecule has 17 heavy (non-hydrogen) atoms. The Labute approximate surface area is 101 Å². The van der Waals surface area contributed by atoms with Gasteiger partial charge >= 0.3 is 0 Å². The first kappa shape index (κ1) is 13.1. The molecule has 1 rings (SSSR count). The highest BCUT2D eigenvalue weighted by Gasteiger charge is 2.07. The van der Waals surface area contributed by atoms with Crippen molar-refractivity contribution >= 4 is 17.3 Å². The quantitative estimate of drug-likeness (QED) is 0.621. The first-order chi connectivity index (χ1) is 8.08. The number of amides is 1. The molecule has 1 aromatic rings. The number of nitrogens with two attached hydrogens (primary N) is 1. The fraction of sp³-hybridized carbons (Fsp3) is 0.308. The normalized spacial score (nSPS) is 11.1. The molecule has 0 fully saturated rings. The van der Waals surface area contributed by atoms with E-state index in [-0.39, 0.29) is 5.91 Å². The summed E-state index contributed by atoms with van der Waals surface area (Å²) < 4.78 is 5.08. The second-order valence-electron chi connectivity index (χ2n) is 3.70. The topological polar surface area (TPSA) is 64.3 Å². The minimum Gasteiger partial charge on any atom is -0.497 e. The van der Waals surface area contributed by atoms with Gasteiger partial charge in [-0.25, -0.2) is 0 Å². The van der Waals surface area contributed by atoms with Crippen LogP contribution in [0.4, 0.5) is 11.4 Å². The molecule has 3 N–H and O–H groups in total. The molecular formula is C13H18N2O2. The summed E-state index contributed by atoms with van der Waals surface area (Å²) in [5.74, 6) is 0.512. The molecular weight excluding hydrogens is 216 g/mol. The molecule has 1 amide bonds. The zero-order valence-electron chi connectivity index (χ0n) is 10.4. The van der Waals surface area contributed by atoms with Gasteiger partial charge in [0.1, 0.15) is 5.75 Å². The molecule has 0 heterocycles. The molecule has 1 aromatic carbocycles. The van der Waals surface area contributed by atoms with Crippen LogP contribution in [0.15, 0.2) is 29.8 Å². The highest BCUT2D eigenvalue weighted by molar-refractivity contribution is 6.04. The lowest BCUT2D eigenvalue weighted by Gasteiger charge is -2.10. The summed E-state index contributed by atoms with van der Waals surface area (Å²) >= 11 is 0. The maximum atomic E-state index is 11.8. The maximum Gasteiger partial charge on any atom is 0.251 e. The predicted molar refractivity (Wildman–Crippen MR) is 70.1 cm³/mol.